The Morgan fingerprint density at radius 3 is 2.00 bits per heavy atom. The van der Waals surface area contributed by atoms with Gasteiger partial charge in [0.15, 0.2) is 5.71 Å². The Morgan fingerprint density at radius 1 is 0.679 bits per heavy atom. The van der Waals surface area contributed by atoms with E-state index in [-0.39, 0.29) is 10.8 Å². The average molecular weight is 692 g/mol. The molecule has 0 N–H and O–H groups in total. The van der Waals surface area contributed by atoms with E-state index in [0.717, 1.165) is 25.8 Å². The fraction of sp³-hybridized carbons (Fsp3) is 0.235. The first kappa shape index (κ1) is 34.6. The molecule has 6 aromatic rings. The molecule has 0 saturated carbocycles. The lowest BCUT2D eigenvalue weighted by molar-refractivity contribution is -0.439. The first-order valence-electron chi connectivity index (χ1n) is 19.3. The monoisotopic (exact) mass is 691 g/mol. The zero-order chi connectivity index (χ0) is 36.7. The van der Waals surface area contributed by atoms with Crippen LogP contribution in [-0.2, 0) is 17.3 Å². The number of nitrogens with zero attached hydrogens (tertiary/aromatic N) is 2. The van der Waals surface area contributed by atoms with Crippen molar-refractivity contribution in [3.8, 4) is 0 Å². The Hall–Kier alpha value is -5.47. The standard InChI is InChI=1S/C51H51N2/c1-7-33-50(4)46(52(6)44-30-28-38-19-12-15-24-42(38)48(44)50)26-9-8-10-27-47-51(5,35-40-22-17-21-37-18-11-14-23-41(37)40)49-43-25-16-13-20-39(43)29-31-45(49)53(47)34-32-36(2)3/h7-31,36H,1,32-35H2,2-6H3/q+1. The minimum Gasteiger partial charge on any atom is -0.347 e. The molecule has 2 aliphatic rings. The van der Waals surface area contributed by atoms with E-state index in [1.54, 1.807) is 0 Å². The van der Waals surface area contributed by atoms with Crippen LogP contribution >= 0.6 is 0 Å². The molecular weight excluding hydrogens is 641 g/mol. The molecule has 53 heavy (non-hydrogen) atoms. The first-order valence-corrected chi connectivity index (χ1v) is 19.3. The number of fused-ring (bicyclic) bond motifs is 7. The predicted octanol–water partition coefficient (Wildman–Crippen LogP) is 12.8. The summed E-state index contributed by atoms with van der Waals surface area (Å²) in [6.45, 7) is 14.7. The molecule has 2 aliphatic heterocycles. The Bertz CT molecular complexity index is 2500. The maximum atomic E-state index is 4.18. The summed E-state index contributed by atoms with van der Waals surface area (Å²) < 4.78 is 2.63. The molecule has 0 aromatic heterocycles. The van der Waals surface area contributed by atoms with E-state index in [2.05, 4.69) is 203 Å². The number of rotatable bonds is 10. The molecule has 0 fully saturated rings. The minimum atomic E-state index is -0.239. The molecule has 2 heterocycles. The van der Waals surface area contributed by atoms with Crippen LogP contribution in [0.5, 0.6) is 0 Å². The highest BCUT2D eigenvalue weighted by Gasteiger charge is 2.49. The lowest BCUT2D eigenvalue weighted by atomic mass is 9.72. The topological polar surface area (TPSA) is 6.25 Å². The van der Waals surface area contributed by atoms with Gasteiger partial charge in [-0.1, -0.05) is 135 Å². The van der Waals surface area contributed by atoms with Crippen molar-refractivity contribution in [2.45, 2.75) is 57.8 Å². The van der Waals surface area contributed by atoms with Gasteiger partial charge in [0.05, 0.1) is 5.41 Å². The van der Waals surface area contributed by atoms with Crippen molar-refractivity contribution >= 4 is 49.4 Å². The molecule has 0 radical (unpaired) electrons. The molecule has 2 atom stereocenters. The highest BCUT2D eigenvalue weighted by molar-refractivity contribution is 6.08. The molecule has 8 rings (SSSR count). The molecule has 2 heteroatoms. The van der Waals surface area contributed by atoms with Gasteiger partial charge in [-0.15, -0.1) is 6.58 Å². The lowest BCUT2D eigenvalue weighted by Crippen LogP contribution is -2.34. The van der Waals surface area contributed by atoms with Gasteiger partial charge < -0.3 is 4.90 Å². The molecular formula is C51H51N2+. The molecule has 0 saturated heterocycles. The van der Waals surface area contributed by atoms with Crippen LogP contribution in [0.25, 0.3) is 32.3 Å². The van der Waals surface area contributed by atoms with Crippen molar-refractivity contribution in [1.29, 1.82) is 0 Å². The second-order valence-corrected chi connectivity index (χ2v) is 15.9. The van der Waals surface area contributed by atoms with Gasteiger partial charge in [-0.2, -0.15) is 4.58 Å². The van der Waals surface area contributed by atoms with Gasteiger partial charge in [-0.05, 0) is 94.3 Å². The first-order chi connectivity index (χ1) is 25.7. The Kier molecular flexibility index (Phi) is 9.03. The fourth-order valence-electron chi connectivity index (χ4n) is 9.43. The maximum absolute atomic E-state index is 4.18. The summed E-state index contributed by atoms with van der Waals surface area (Å²) in [5.74, 6) is 0.607. The minimum absolute atomic E-state index is 0.172. The van der Waals surface area contributed by atoms with E-state index in [9.17, 15) is 0 Å². The van der Waals surface area contributed by atoms with E-state index in [4.69, 9.17) is 0 Å². The Morgan fingerprint density at radius 2 is 1.30 bits per heavy atom. The van der Waals surface area contributed by atoms with Gasteiger partial charge in [0.25, 0.3) is 0 Å². The van der Waals surface area contributed by atoms with Crippen LogP contribution in [-0.4, -0.2) is 23.9 Å². The van der Waals surface area contributed by atoms with Gasteiger partial charge in [-0.25, -0.2) is 0 Å². The van der Waals surface area contributed by atoms with Crippen LogP contribution in [0.15, 0.2) is 164 Å². The van der Waals surface area contributed by atoms with Gasteiger partial charge in [0, 0.05) is 48.0 Å². The predicted molar refractivity (Wildman–Crippen MR) is 229 cm³/mol. The summed E-state index contributed by atoms with van der Waals surface area (Å²) in [6, 6.07) is 42.6. The Labute approximate surface area is 315 Å². The smallest absolute Gasteiger partial charge is 0.210 e. The fourth-order valence-corrected chi connectivity index (χ4v) is 9.43. The van der Waals surface area contributed by atoms with Crippen LogP contribution < -0.4 is 4.90 Å². The van der Waals surface area contributed by atoms with Crippen molar-refractivity contribution in [1.82, 2.24) is 0 Å². The van der Waals surface area contributed by atoms with Crippen LogP contribution in [0.3, 0.4) is 0 Å². The van der Waals surface area contributed by atoms with Crippen LogP contribution in [0.1, 0.15) is 57.2 Å². The molecule has 2 unspecified atom stereocenters. The van der Waals surface area contributed by atoms with E-state index in [0.29, 0.717) is 5.92 Å². The average Bonchev–Trinajstić information content (AvgIpc) is 3.53. The SMILES string of the molecule is C=CCC1(C)C(=CC=CC=CC2=[N+](CCC(C)C)c3ccc4ccccc4c3C2(C)Cc2cccc3ccccc23)N(C)c2ccc3ccccc3c21. The molecule has 0 aliphatic carbocycles. The van der Waals surface area contributed by atoms with E-state index < -0.39 is 0 Å². The van der Waals surface area contributed by atoms with Crippen LogP contribution in [0, 0.1) is 5.92 Å². The van der Waals surface area contributed by atoms with E-state index in [1.165, 1.54) is 71.8 Å². The third kappa shape index (κ3) is 5.86. The number of likely N-dealkylation sites (N-methyl/N-ethyl adjacent to an activating group) is 1. The number of allylic oxidation sites excluding steroid dienone is 7. The van der Waals surface area contributed by atoms with Crippen molar-refractivity contribution in [2.75, 3.05) is 18.5 Å². The molecule has 6 aromatic carbocycles. The van der Waals surface area contributed by atoms with Crippen LogP contribution in [0.2, 0.25) is 0 Å². The highest BCUT2D eigenvalue weighted by Crippen LogP contribution is 2.52. The summed E-state index contributed by atoms with van der Waals surface area (Å²) in [6.07, 6.45) is 16.4. The summed E-state index contributed by atoms with van der Waals surface area (Å²) >= 11 is 0. The zero-order valence-corrected chi connectivity index (χ0v) is 31.9. The van der Waals surface area contributed by atoms with Gasteiger partial charge >= 0.3 is 0 Å². The maximum Gasteiger partial charge on any atom is 0.210 e. The quantitative estimate of drug-likeness (QED) is 0.0787. The normalized spacial score (nSPS) is 20.6. The second-order valence-electron chi connectivity index (χ2n) is 15.9. The van der Waals surface area contributed by atoms with E-state index >= 15 is 0 Å². The molecule has 0 bridgehead atoms. The largest absolute Gasteiger partial charge is 0.347 e. The summed E-state index contributed by atoms with van der Waals surface area (Å²) in [7, 11) is 2.21. The Balaban J connectivity index is 1.22. The third-order valence-corrected chi connectivity index (χ3v) is 12.0. The summed E-state index contributed by atoms with van der Waals surface area (Å²) in [5.41, 5.74) is 9.09. The molecule has 264 valence electrons. The number of anilines is 1. The van der Waals surface area contributed by atoms with Crippen LogP contribution in [0.4, 0.5) is 11.4 Å². The van der Waals surface area contributed by atoms with Crippen molar-refractivity contribution in [3.63, 3.8) is 0 Å². The highest BCUT2D eigenvalue weighted by atomic mass is 15.2. The second kappa shape index (κ2) is 13.8. The third-order valence-electron chi connectivity index (χ3n) is 12.0. The van der Waals surface area contributed by atoms with Crippen molar-refractivity contribution in [2.24, 2.45) is 5.92 Å². The van der Waals surface area contributed by atoms with Gasteiger partial charge in [0.1, 0.15) is 6.54 Å². The molecule has 2 nitrogen and oxygen atoms in total. The molecule has 0 spiro atoms. The van der Waals surface area contributed by atoms with Crippen molar-refractivity contribution in [3.05, 3.63) is 181 Å². The van der Waals surface area contributed by atoms with Crippen molar-refractivity contribution < 1.29 is 4.58 Å². The van der Waals surface area contributed by atoms with Gasteiger partial charge in [-0.3, -0.25) is 0 Å². The summed E-state index contributed by atoms with van der Waals surface area (Å²) in [5, 5.41) is 7.89. The van der Waals surface area contributed by atoms with E-state index in [1.807, 2.05) is 0 Å². The lowest BCUT2D eigenvalue weighted by Gasteiger charge is -2.28. The number of hydrogen-bond acceptors (Lipinski definition) is 1. The number of benzene rings is 6. The zero-order valence-electron chi connectivity index (χ0n) is 31.9. The number of hydrogen-bond donors (Lipinski definition) is 0. The summed E-state index contributed by atoms with van der Waals surface area (Å²) in [4.78, 5) is 2.38. The van der Waals surface area contributed by atoms with Gasteiger partial charge in [0.2, 0.25) is 5.69 Å². The molecule has 0 amide bonds.